The Morgan fingerprint density at radius 3 is 2.57 bits per heavy atom. The summed E-state index contributed by atoms with van der Waals surface area (Å²) >= 11 is 0. The molecule has 0 saturated heterocycles. The Balaban J connectivity index is 1.53. The SMILES string of the molecule is CNC1CCC(c2ccccc2)CC1OCCC1CCC1. The number of ether oxygens (including phenoxy) is 1. The van der Waals surface area contributed by atoms with Crippen molar-refractivity contribution in [3.63, 3.8) is 0 Å². The first-order valence-electron chi connectivity index (χ1n) is 8.70. The Morgan fingerprint density at radius 2 is 1.90 bits per heavy atom. The van der Waals surface area contributed by atoms with Gasteiger partial charge in [0.05, 0.1) is 6.10 Å². The quantitative estimate of drug-likeness (QED) is 0.850. The number of nitrogens with one attached hydrogen (secondary N) is 1. The fourth-order valence-electron chi connectivity index (χ4n) is 3.84. The van der Waals surface area contributed by atoms with E-state index in [0.29, 0.717) is 18.1 Å². The molecule has 2 aliphatic carbocycles. The second kappa shape index (κ2) is 7.42. The van der Waals surface area contributed by atoms with E-state index in [4.69, 9.17) is 4.74 Å². The van der Waals surface area contributed by atoms with Crippen molar-refractivity contribution in [3.8, 4) is 0 Å². The third-order valence-corrected chi connectivity index (χ3v) is 5.52. The van der Waals surface area contributed by atoms with Crippen molar-refractivity contribution in [2.75, 3.05) is 13.7 Å². The second-order valence-electron chi connectivity index (χ2n) is 6.81. The van der Waals surface area contributed by atoms with Crippen LogP contribution < -0.4 is 5.32 Å². The minimum absolute atomic E-state index is 0.383. The molecule has 0 aliphatic heterocycles. The van der Waals surface area contributed by atoms with Gasteiger partial charge < -0.3 is 10.1 Å². The molecule has 3 rings (SSSR count). The van der Waals surface area contributed by atoms with Crippen LogP contribution in [0.4, 0.5) is 0 Å². The van der Waals surface area contributed by atoms with E-state index in [-0.39, 0.29) is 0 Å². The number of hydrogen-bond acceptors (Lipinski definition) is 2. The highest BCUT2D eigenvalue weighted by atomic mass is 16.5. The molecule has 1 N–H and O–H groups in total. The minimum Gasteiger partial charge on any atom is -0.377 e. The summed E-state index contributed by atoms with van der Waals surface area (Å²) in [6.07, 6.45) is 9.61. The smallest absolute Gasteiger partial charge is 0.0733 e. The summed E-state index contributed by atoms with van der Waals surface area (Å²) in [7, 11) is 2.08. The molecule has 0 radical (unpaired) electrons. The predicted molar refractivity (Wildman–Crippen MR) is 87.6 cm³/mol. The van der Waals surface area contributed by atoms with Crippen LogP contribution in [0.1, 0.15) is 56.4 Å². The van der Waals surface area contributed by atoms with E-state index in [0.717, 1.165) is 12.5 Å². The van der Waals surface area contributed by atoms with Crippen LogP contribution in [0.25, 0.3) is 0 Å². The zero-order chi connectivity index (χ0) is 14.5. The molecule has 21 heavy (non-hydrogen) atoms. The van der Waals surface area contributed by atoms with Crippen molar-refractivity contribution in [1.29, 1.82) is 0 Å². The third kappa shape index (κ3) is 3.87. The van der Waals surface area contributed by atoms with Gasteiger partial charge in [-0.25, -0.2) is 0 Å². The highest BCUT2D eigenvalue weighted by molar-refractivity contribution is 5.20. The monoisotopic (exact) mass is 287 g/mol. The van der Waals surface area contributed by atoms with E-state index < -0.39 is 0 Å². The second-order valence-corrected chi connectivity index (χ2v) is 6.81. The molecular weight excluding hydrogens is 258 g/mol. The van der Waals surface area contributed by atoms with Crippen LogP contribution in [0.3, 0.4) is 0 Å². The van der Waals surface area contributed by atoms with Crippen molar-refractivity contribution < 1.29 is 4.74 Å². The van der Waals surface area contributed by atoms with E-state index in [2.05, 4.69) is 42.7 Å². The molecule has 2 saturated carbocycles. The fraction of sp³-hybridized carbons (Fsp3) is 0.684. The highest BCUT2D eigenvalue weighted by Crippen LogP contribution is 2.35. The van der Waals surface area contributed by atoms with Crippen LogP contribution in [-0.2, 0) is 4.74 Å². The number of rotatable bonds is 6. The van der Waals surface area contributed by atoms with Gasteiger partial charge in [-0.3, -0.25) is 0 Å². The van der Waals surface area contributed by atoms with Gasteiger partial charge in [-0.15, -0.1) is 0 Å². The molecule has 1 aromatic rings. The minimum atomic E-state index is 0.383. The summed E-state index contributed by atoms with van der Waals surface area (Å²) in [5.74, 6) is 1.62. The maximum atomic E-state index is 6.28. The topological polar surface area (TPSA) is 21.3 Å². The Hall–Kier alpha value is -0.860. The Bertz CT molecular complexity index is 415. The lowest BCUT2D eigenvalue weighted by Gasteiger charge is -2.37. The summed E-state index contributed by atoms with van der Waals surface area (Å²) in [5.41, 5.74) is 1.49. The first kappa shape index (κ1) is 15.1. The predicted octanol–water partition coefficient (Wildman–Crippen LogP) is 4.12. The summed E-state index contributed by atoms with van der Waals surface area (Å²) < 4.78 is 6.28. The molecule has 0 amide bonds. The lowest BCUT2D eigenvalue weighted by Crippen LogP contribution is -2.43. The molecule has 3 atom stereocenters. The molecule has 2 aliphatic rings. The van der Waals surface area contributed by atoms with Crippen molar-refractivity contribution >= 4 is 0 Å². The Labute approximate surface area is 129 Å². The van der Waals surface area contributed by atoms with Crippen molar-refractivity contribution in [2.45, 2.75) is 63.0 Å². The van der Waals surface area contributed by atoms with Crippen molar-refractivity contribution in [2.24, 2.45) is 5.92 Å². The molecule has 3 unspecified atom stereocenters. The van der Waals surface area contributed by atoms with Crippen LogP contribution in [-0.4, -0.2) is 25.8 Å². The lowest BCUT2D eigenvalue weighted by molar-refractivity contribution is -0.00794. The van der Waals surface area contributed by atoms with Gasteiger partial charge >= 0.3 is 0 Å². The summed E-state index contributed by atoms with van der Waals surface area (Å²) in [5, 5.41) is 3.47. The van der Waals surface area contributed by atoms with Gasteiger partial charge in [0.2, 0.25) is 0 Å². The standard InChI is InChI=1S/C19H29NO/c1-20-18-11-10-17(16-8-3-2-4-9-16)14-19(18)21-13-12-15-6-5-7-15/h2-4,8-9,15,17-20H,5-7,10-14H2,1H3. The highest BCUT2D eigenvalue weighted by Gasteiger charge is 2.31. The van der Waals surface area contributed by atoms with Crippen molar-refractivity contribution in [3.05, 3.63) is 35.9 Å². The molecule has 2 nitrogen and oxygen atoms in total. The van der Waals surface area contributed by atoms with Gasteiger partial charge in [0.25, 0.3) is 0 Å². The van der Waals surface area contributed by atoms with Gasteiger partial charge in [-0.2, -0.15) is 0 Å². The lowest BCUT2D eigenvalue weighted by atomic mass is 9.80. The number of likely N-dealkylation sites (N-methyl/N-ethyl adjacent to an activating group) is 1. The summed E-state index contributed by atoms with van der Waals surface area (Å²) in [6.45, 7) is 0.953. The third-order valence-electron chi connectivity index (χ3n) is 5.52. The fourth-order valence-corrected chi connectivity index (χ4v) is 3.84. The van der Waals surface area contributed by atoms with Crippen molar-refractivity contribution in [1.82, 2.24) is 5.32 Å². The largest absolute Gasteiger partial charge is 0.377 e. The molecule has 0 aromatic heterocycles. The molecule has 0 heterocycles. The van der Waals surface area contributed by atoms with Gasteiger partial charge in [0.1, 0.15) is 0 Å². The molecular formula is C19H29NO. The normalized spacial score (nSPS) is 30.0. The number of benzene rings is 1. The van der Waals surface area contributed by atoms with Gasteiger partial charge in [-0.05, 0) is 50.1 Å². The molecule has 0 spiro atoms. The van der Waals surface area contributed by atoms with Gasteiger partial charge in [-0.1, -0.05) is 49.6 Å². The van der Waals surface area contributed by atoms with Crippen LogP contribution in [0.15, 0.2) is 30.3 Å². The summed E-state index contributed by atoms with van der Waals surface area (Å²) in [4.78, 5) is 0. The molecule has 0 bridgehead atoms. The van der Waals surface area contributed by atoms with Gasteiger partial charge in [0.15, 0.2) is 0 Å². The van der Waals surface area contributed by atoms with Crippen LogP contribution in [0.2, 0.25) is 0 Å². The van der Waals surface area contributed by atoms with Gasteiger partial charge in [0, 0.05) is 12.6 Å². The zero-order valence-corrected chi connectivity index (χ0v) is 13.3. The van der Waals surface area contributed by atoms with Crippen LogP contribution >= 0.6 is 0 Å². The molecule has 116 valence electrons. The van der Waals surface area contributed by atoms with E-state index in [1.807, 2.05) is 0 Å². The Kier molecular flexibility index (Phi) is 5.32. The van der Waals surface area contributed by atoms with Crippen LogP contribution in [0, 0.1) is 5.92 Å². The van der Waals surface area contributed by atoms with E-state index in [9.17, 15) is 0 Å². The van der Waals surface area contributed by atoms with E-state index in [1.54, 1.807) is 0 Å². The van der Waals surface area contributed by atoms with E-state index >= 15 is 0 Å². The van der Waals surface area contributed by atoms with Crippen LogP contribution in [0.5, 0.6) is 0 Å². The zero-order valence-electron chi connectivity index (χ0n) is 13.3. The summed E-state index contributed by atoms with van der Waals surface area (Å²) in [6, 6.07) is 11.5. The average molecular weight is 287 g/mol. The average Bonchev–Trinajstić information content (AvgIpc) is 2.50. The first-order chi connectivity index (χ1) is 10.4. The molecule has 2 fully saturated rings. The maximum absolute atomic E-state index is 6.28. The number of hydrogen-bond donors (Lipinski definition) is 1. The van der Waals surface area contributed by atoms with E-state index in [1.165, 1.54) is 50.5 Å². The first-order valence-corrected chi connectivity index (χ1v) is 8.70. The maximum Gasteiger partial charge on any atom is 0.0733 e. The molecule has 1 aromatic carbocycles. The Morgan fingerprint density at radius 1 is 1.10 bits per heavy atom. The molecule has 2 heteroatoms.